The van der Waals surface area contributed by atoms with Gasteiger partial charge in [0, 0.05) is 30.1 Å². The van der Waals surface area contributed by atoms with E-state index in [9.17, 15) is 0 Å². The van der Waals surface area contributed by atoms with Crippen molar-refractivity contribution in [2.24, 2.45) is 5.92 Å². The van der Waals surface area contributed by atoms with Crippen LogP contribution >= 0.6 is 11.8 Å². The van der Waals surface area contributed by atoms with Crippen molar-refractivity contribution in [2.45, 2.75) is 25.4 Å². The Balaban J connectivity index is 1.62. The Morgan fingerprint density at radius 1 is 1.19 bits per heavy atom. The fraction of sp³-hybridized carbons (Fsp3) is 0.294. The van der Waals surface area contributed by atoms with Crippen molar-refractivity contribution in [3.63, 3.8) is 0 Å². The van der Waals surface area contributed by atoms with Gasteiger partial charge in [0.15, 0.2) is 0 Å². The number of rotatable bonds is 5. The van der Waals surface area contributed by atoms with Crippen LogP contribution < -0.4 is 0 Å². The number of aromatic nitrogens is 3. The van der Waals surface area contributed by atoms with Crippen LogP contribution in [0.3, 0.4) is 0 Å². The third-order valence-corrected chi connectivity index (χ3v) is 4.78. The summed E-state index contributed by atoms with van der Waals surface area (Å²) in [7, 11) is 0. The van der Waals surface area contributed by atoms with Crippen molar-refractivity contribution in [3.05, 3.63) is 54.6 Å². The topological polar surface area (TPSA) is 30.7 Å². The van der Waals surface area contributed by atoms with Crippen LogP contribution in [0, 0.1) is 12.8 Å². The third kappa shape index (κ3) is 3.45. The van der Waals surface area contributed by atoms with Crippen molar-refractivity contribution < 1.29 is 0 Å². The summed E-state index contributed by atoms with van der Waals surface area (Å²) in [6.45, 7) is 5.32. The van der Waals surface area contributed by atoms with E-state index in [1.807, 2.05) is 43.2 Å². The van der Waals surface area contributed by atoms with Gasteiger partial charge in [-0.05, 0) is 25.0 Å². The summed E-state index contributed by atoms with van der Waals surface area (Å²) in [5.74, 6) is 2.72. The quantitative estimate of drug-likeness (QED) is 0.662. The SMILES string of the molecule is Cc1nccn1C[C@@H](C)CSc1ccc2ccccc2n1. The molecule has 0 aliphatic rings. The Hall–Kier alpha value is -1.81. The van der Waals surface area contributed by atoms with Crippen LogP contribution in [0.1, 0.15) is 12.7 Å². The first-order valence-electron chi connectivity index (χ1n) is 7.19. The number of aryl methyl sites for hydroxylation is 1. The molecule has 2 heterocycles. The molecule has 1 aromatic carbocycles. The molecule has 0 aliphatic heterocycles. The van der Waals surface area contributed by atoms with E-state index < -0.39 is 0 Å². The summed E-state index contributed by atoms with van der Waals surface area (Å²) in [5.41, 5.74) is 1.07. The second-order valence-corrected chi connectivity index (χ2v) is 6.43. The minimum Gasteiger partial charge on any atom is -0.335 e. The second-order valence-electron chi connectivity index (χ2n) is 5.39. The van der Waals surface area contributed by atoms with Crippen molar-refractivity contribution in [2.75, 3.05) is 5.75 Å². The Morgan fingerprint density at radius 2 is 2.05 bits per heavy atom. The Kier molecular flexibility index (Phi) is 4.25. The first-order chi connectivity index (χ1) is 10.2. The molecule has 4 heteroatoms. The summed E-state index contributed by atoms with van der Waals surface area (Å²) in [5, 5.41) is 2.30. The van der Waals surface area contributed by atoms with Gasteiger partial charge in [-0.15, -0.1) is 11.8 Å². The number of nitrogens with zero attached hydrogens (tertiary/aromatic N) is 3. The molecular formula is C17H19N3S. The van der Waals surface area contributed by atoms with E-state index in [4.69, 9.17) is 4.98 Å². The standard InChI is InChI=1S/C17H19N3S/c1-13(11-20-10-9-18-14(20)2)12-21-17-8-7-15-5-3-4-6-16(15)19-17/h3-10,13H,11-12H2,1-2H3/t13-/m1/s1. The molecule has 0 spiro atoms. The predicted molar refractivity (Wildman–Crippen MR) is 88.6 cm³/mol. The molecule has 0 N–H and O–H groups in total. The van der Waals surface area contributed by atoms with E-state index >= 15 is 0 Å². The summed E-state index contributed by atoms with van der Waals surface area (Å²) in [6, 6.07) is 12.5. The highest BCUT2D eigenvalue weighted by Gasteiger charge is 2.07. The molecule has 0 saturated heterocycles. The second kappa shape index (κ2) is 6.31. The first kappa shape index (κ1) is 14.1. The van der Waals surface area contributed by atoms with Crippen LogP contribution in [0.25, 0.3) is 10.9 Å². The molecular weight excluding hydrogens is 278 g/mol. The number of fused-ring (bicyclic) bond motifs is 1. The zero-order valence-electron chi connectivity index (χ0n) is 12.4. The molecule has 0 fully saturated rings. The van der Waals surface area contributed by atoms with Crippen LogP contribution in [0.2, 0.25) is 0 Å². The molecule has 108 valence electrons. The number of hydrogen-bond acceptors (Lipinski definition) is 3. The van der Waals surface area contributed by atoms with E-state index in [0.717, 1.165) is 28.7 Å². The van der Waals surface area contributed by atoms with E-state index in [0.29, 0.717) is 5.92 Å². The summed E-state index contributed by atoms with van der Waals surface area (Å²) in [4.78, 5) is 8.97. The lowest BCUT2D eigenvalue weighted by atomic mass is 10.2. The molecule has 3 rings (SSSR count). The fourth-order valence-electron chi connectivity index (χ4n) is 2.34. The van der Waals surface area contributed by atoms with Crippen LogP contribution in [0.4, 0.5) is 0 Å². The van der Waals surface area contributed by atoms with E-state index in [1.165, 1.54) is 5.39 Å². The molecule has 0 radical (unpaired) electrons. The Morgan fingerprint density at radius 3 is 2.86 bits per heavy atom. The monoisotopic (exact) mass is 297 g/mol. The molecule has 0 bridgehead atoms. The van der Waals surface area contributed by atoms with Gasteiger partial charge >= 0.3 is 0 Å². The van der Waals surface area contributed by atoms with Gasteiger partial charge in [0.05, 0.1) is 10.5 Å². The van der Waals surface area contributed by atoms with Gasteiger partial charge in [-0.25, -0.2) is 9.97 Å². The molecule has 2 aromatic heterocycles. The number of pyridine rings is 1. The summed E-state index contributed by atoms with van der Waals surface area (Å²) < 4.78 is 2.21. The zero-order valence-corrected chi connectivity index (χ0v) is 13.2. The minimum atomic E-state index is 0.580. The molecule has 0 amide bonds. The molecule has 0 unspecified atom stereocenters. The van der Waals surface area contributed by atoms with Crippen LogP contribution in [0.15, 0.2) is 53.8 Å². The Bertz CT molecular complexity index is 735. The maximum Gasteiger partial charge on any atom is 0.105 e. The average molecular weight is 297 g/mol. The largest absolute Gasteiger partial charge is 0.335 e. The van der Waals surface area contributed by atoms with Crippen molar-refractivity contribution in [3.8, 4) is 0 Å². The van der Waals surface area contributed by atoms with Gasteiger partial charge in [-0.3, -0.25) is 0 Å². The highest BCUT2D eigenvalue weighted by molar-refractivity contribution is 7.99. The summed E-state index contributed by atoms with van der Waals surface area (Å²) >= 11 is 1.83. The smallest absolute Gasteiger partial charge is 0.105 e. The number of hydrogen-bond donors (Lipinski definition) is 0. The number of thioether (sulfide) groups is 1. The van der Waals surface area contributed by atoms with E-state index in [2.05, 4.69) is 40.7 Å². The van der Waals surface area contributed by atoms with Gasteiger partial charge in [-0.1, -0.05) is 31.2 Å². The number of imidazole rings is 1. The Labute approximate surface area is 129 Å². The van der Waals surface area contributed by atoms with Crippen LogP contribution in [0.5, 0.6) is 0 Å². The molecule has 3 nitrogen and oxygen atoms in total. The van der Waals surface area contributed by atoms with Crippen LogP contribution in [-0.2, 0) is 6.54 Å². The van der Waals surface area contributed by atoms with Gasteiger partial charge in [0.25, 0.3) is 0 Å². The maximum absolute atomic E-state index is 4.71. The first-order valence-corrected chi connectivity index (χ1v) is 8.17. The zero-order chi connectivity index (χ0) is 14.7. The lowest BCUT2D eigenvalue weighted by Gasteiger charge is -2.13. The van der Waals surface area contributed by atoms with Crippen molar-refractivity contribution >= 4 is 22.7 Å². The van der Waals surface area contributed by atoms with Gasteiger partial charge in [0.2, 0.25) is 0 Å². The highest BCUT2D eigenvalue weighted by atomic mass is 32.2. The van der Waals surface area contributed by atoms with Gasteiger partial charge in [0.1, 0.15) is 5.82 Å². The minimum absolute atomic E-state index is 0.580. The fourth-order valence-corrected chi connectivity index (χ4v) is 3.23. The number of para-hydroxylation sites is 1. The summed E-state index contributed by atoms with van der Waals surface area (Å²) in [6.07, 6.45) is 3.91. The molecule has 0 saturated carbocycles. The maximum atomic E-state index is 4.71. The lowest BCUT2D eigenvalue weighted by molar-refractivity contribution is 0.521. The highest BCUT2D eigenvalue weighted by Crippen LogP contribution is 2.22. The molecule has 21 heavy (non-hydrogen) atoms. The van der Waals surface area contributed by atoms with Crippen LogP contribution in [-0.4, -0.2) is 20.3 Å². The van der Waals surface area contributed by atoms with E-state index in [-0.39, 0.29) is 0 Å². The third-order valence-electron chi connectivity index (χ3n) is 3.52. The normalized spacial score (nSPS) is 12.7. The number of benzene rings is 1. The van der Waals surface area contributed by atoms with Crippen molar-refractivity contribution in [1.82, 2.24) is 14.5 Å². The van der Waals surface area contributed by atoms with Gasteiger partial charge < -0.3 is 4.57 Å². The average Bonchev–Trinajstić information content (AvgIpc) is 2.90. The van der Waals surface area contributed by atoms with Gasteiger partial charge in [-0.2, -0.15) is 0 Å². The lowest BCUT2D eigenvalue weighted by Crippen LogP contribution is -2.10. The molecule has 0 aliphatic carbocycles. The molecule has 3 aromatic rings. The van der Waals surface area contributed by atoms with Crippen molar-refractivity contribution in [1.29, 1.82) is 0 Å². The van der Waals surface area contributed by atoms with E-state index in [1.54, 1.807) is 0 Å². The predicted octanol–water partition coefficient (Wildman–Crippen LogP) is 4.17. The molecule has 1 atom stereocenters.